The van der Waals surface area contributed by atoms with Crippen molar-refractivity contribution in [2.75, 3.05) is 5.33 Å². The van der Waals surface area contributed by atoms with Crippen molar-refractivity contribution in [3.05, 3.63) is 35.9 Å². The van der Waals surface area contributed by atoms with E-state index < -0.39 is 5.97 Å². The zero-order valence-electron chi connectivity index (χ0n) is 10.9. The summed E-state index contributed by atoms with van der Waals surface area (Å²) in [7, 11) is 0. The van der Waals surface area contributed by atoms with Gasteiger partial charge in [0.1, 0.15) is 18.8 Å². The summed E-state index contributed by atoms with van der Waals surface area (Å²) in [6.45, 7) is 0.233. The summed E-state index contributed by atoms with van der Waals surface area (Å²) in [5, 5.41) is 0.959. The van der Waals surface area contributed by atoms with E-state index in [1.165, 1.54) is 0 Å². The summed E-state index contributed by atoms with van der Waals surface area (Å²) < 4.78 is 5.06. The van der Waals surface area contributed by atoms with Gasteiger partial charge in [-0.15, -0.1) is 0 Å². The summed E-state index contributed by atoms with van der Waals surface area (Å²) >= 11 is 3.34. The molecule has 4 heteroatoms. The molecular weight excluding hydrogens is 308 g/mol. The molecule has 0 aliphatic rings. The second kappa shape index (κ2) is 9.73. The molecule has 0 fully saturated rings. The fourth-order valence-electron chi connectivity index (χ4n) is 1.63. The second-order valence-corrected chi connectivity index (χ2v) is 5.15. The van der Waals surface area contributed by atoms with Gasteiger partial charge in [-0.2, -0.15) is 0 Å². The van der Waals surface area contributed by atoms with Gasteiger partial charge in [0, 0.05) is 11.8 Å². The third-order valence-corrected chi connectivity index (χ3v) is 3.23. The molecule has 0 saturated heterocycles. The van der Waals surface area contributed by atoms with E-state index in [1.807, 2.05) is 30.3 Å². The molecule has 19 heavy (non-hydrogen) atoms. The average molecular weight is 327 g/mol. The summed E-state index contributed by atoms with van der Waals surface area (Å²) in [5.74, 6) is -0.470. The largest absolute Gasteiger partial charge is 0.460 e. The first kappa shape index (κ1) is 15.9. The van der Waals surface area contributed by atoms with Crippen LogP contribution in [-0.2, 0) is 20.9 Å². The standard InChI is InChI=1S/C15H19BrO3/c16-10-6-2-5-9-14(17)11-15(18)19-12-13-7-3-1-4-8-13/h1,3-4,7-8H,2,5-6,9-12H2. The Hall–Kier alpha value is -1.16. The normalized spacial score (nSPS) is 10.2. The van der Waals surface area contributed by atoms with Crippen molar-refractivity contribution >= 4 is 27.7 Å². The van der Waals surface area contributed by atoms with E-state index in [0.29, 0.717) is 6.42 Å². The number of hydrogen-bond acceptors (Lipinski definition) is 3. The lowest BCUT2D eigenvalue weighted by molar-refractivity contribution is -0.147. The predicted octanol–water partition coefficient (Wildman–Crippen LogP) is 3.64. The highest BCUT2D eigenvalue weighted by Crippen LogP contribution is 2.06. The Labute approximate surface area is 122 Å². The maximum absolute atomic E-state index is 11.5. The lowest BCUT2D eigenvalue weighted by atomic mass is 10.1. The number of benzene rings is 1. The third kappa shape index (κ3) is 7.78. The molecule has 0 heterocycles. The maximum Gasteiger partial charge on any atom is 0.313 e. The highest BCUT2D eigenvalue weighted by molar-refractivity contribution is 9.09. The number of unbranched alkanes of at least 4 members (excludes halogenated alkanes) is 2. The van der Waals surface area contributed by atoms with Gasteiger partial charge in [-0.3, -0.25) is 9.59 Å². The van der Waals surface area contributed by atoms with Crippen molar-refractivity contribution in [3.8, 4) is 0 Å². The lowest BCUT2D eigenvalue weighted by Crippen LogP contribution is -2.11. The van der Waals surface area contributed by atoms with E-state index in [9.17, 15) is 9.59 Å². The summed E-state index contributed by atoms with van der Waals surface area (Å²) in [5.41, 5.74) is 0.931. The molecule has 0 radical (unpaired) electrons. The minimum absolute atomic E-state index is 0.0346. The Morgan fingerprint density at radius 1 is 1.05 bits per heavy atom. The van der Waals surface area contributed by atoms with Gasteiger partial charge in [-0.1, -0.05) is 52.7 Å². The first-order chi connectivity index (χ1) is 9.22. The molecule has 0 aliphatic carbocycles. The first-order valence-corrected chi connectivity index (χ1v) is 7.61. The van der Waals surface area contributed by atoms with E-state index in [4.69, 9.17) is 4.74 Å². The maximum atomic E-state index is 11.5. The quantitative estimate of drug-likeness (QED) is 0.301. The Morgan fingerprint density at radius 3 is 2.47 bits per heavy atom. The van der Waals surface area contributed by atoms with Crippen LogP contribution in [0.1, 0.15) is 37.7 Å². The van der Waals surface area contributed by atoms with E-state index in [1.54, 1.807) is 0 Å². The molecule has 104 valence electrons. The summed E-state index contributed by atoms with van der Waals surface area (Å²) in [6.07, 6.45) is 3.27. The summed E-state index contributed by atoms with van der Waals surface area (Å²) in [4.78, 5) is 23.0. The Bertz CT molecular complexity index is 390. The van der Waals surface area contributed by atoms with Crippen LogP contribution < -0.4 is 0 Å². The highest BCUT2D eigenvalue weighted by atomic mass is 79.9. The van der Waals surface area contributed by atoms with E-state index >= 15 is 0 Å². The van der Waals surface area contributed by atoms with Crippen LogP contribution in [0.15, 0.2) is 30.3 Å². The van der Waals surface area contributed by atoms with Gasteiger partial charge < -0.3 is 4.74 Å². The van der Waals surface area contributed by atoms with Crippen molar-refractivity contribution in [1.29, 1.82) is 0 Å². The number of ether oxygens (including phenoxy) is 1. The fourth-order valence-corrected chi connectivity index (χ4v) is 2.03. The topological polar surface area (TPSA) is 43.4 Å². The molecule has 1 rings (SSSR count). The number of alkyl halides is 1. The number of halogens is 1. The number of rotatable bonds is 9. The van der Waals surface area contributed by atoms with Crippen LogP contribution in [0, 0.1) is 0 Å². The zero-order valence-corrected chi connectivity index (χ0v) is 12.5. The number of ketones is 1. The molecule has 0 bridgehead atoms. The number of esters is 1. The van der Waals surface area contributed by atoms with Crippen molar-refractivity contribution in [3.63, 3.8) is 0 Å². The first-order valence-electron chi connectivity index (χ1n) is 6.49. The van der Waals surface area contributed by atoms with Crippen LogP contribution >= 0.6 is 15.9 Å². The Balaban J connectivity index is 2.15. The number of carbonyl (C=O) groups excluding carboxylic acids is 2. The Kier molecular flexibility index (Phi) is 8.14. The van der Waals surface area contributed by atoms with Crippen molar-refractivity contribution in [1.82, 2.24) is 0 Å². The fraction of sp³-hybridized carbons (Fsp3) is 0.467. The second-order valence-electron chi connectivity index (χ2n) is 4.36. The van der Waals surface area contributed by atoms with Crippen LogP contribution in [0.5, 0.6) is 0 Å². The van der Waals surface area contributed by atoms with Crippen LogP contribution in [0.25, 0.3) is 0 Å². The van der Waals surface area contributed by atoms with Gasteiger partial charge in [0.15, 0.2) is 0 Å². The number of hydrogen-bond donors (Lipinski definition) is 0. The van der Waals surface area contributed by atoms with Crippen molar-refractivity contribution in [2.45, 2.75) is 38.7 Å². The van der Waals surface area contributed by atoms with Crippen LogP contribution in [0.4, 0.5) is 0 Å². The molecule has 0 aliphatic heterocycles. The molecule has 1 aromatic carbocycles. The number of Topliss-reactive ketones (excluding diaryl/α,β-unsaturated/α-hetero) is 1. The number of carbonyl (C=O) groups is 2. The molecule has 0 unspecified atom stereocenters. The molecular formula is C15H19BrO3. The van der Waals surface area contributed by atoms with E-state index in [2.05, 4.69) is 15.9 Å². The molecule has 3 nitrogen and oxygen atoms in total. The average Bonchev–Trinajstić information content (AvgIpc) is 2.42. The highest BCUT2D eigenvalue weighted by Gasteiger charge is 2.10. The minimum Gasteiger partial charge on any atom is -0.460 e. The molecule has 0 N–H and O–H groups in total. The monoisotopic (exact) mass is 326 g/mol. The third-order valence-electron chi connectivity index (χ3n) is 2.67. The lowest BCUT2D eigenvalue weighted by Gasteiger charge is -2.04. The summed E-state index contributed by atoms with van der Waals surface area (Å²) in [6, 6.07) is 9.45. The van der Waals surface area contributed by atoms with Gasteiger partial charge in [0.25, 0.3) is 0 Å². The smallest absolute Gasteiger partial charge is 0.313 e. The van der Waals surface area contributed by atoms with Gasteiger partial charge in [0.05, 0.1) is 0 Å². The van der Waals surface area contributed by atoms with Crippen LogP contribution in [0.3, 0.4) is 0 Å². The molecule has 0 atom stereocenters. The van der Waals surface area contributed by atoms with Crippen LogP contribution in [0.2, 0.25) is 0 Å². The van der Waals surface area contributed by atoms with Gasteiger partial charge >= 0.3 is 5.97 Å². The molecule has 0 amide bonds. The van der Waals surface area contributed by atoms with Gasteiger partial charge in [0.2, 0.25) is 0 Å². The molecule has 0 aromatic heterocycles. The van der Waals surface area contributed by atoms with E-state index in [-0.39, 0.29) is 18.8 Å². The SMILES string of the molecule is O=C(CCCCCBr)CC(=O)OCc1ccccc1. The van der Waals surface area contributed by atoms with Gasteiger partial charge in [-0.25, -0.2) is 0 Å². The van der Waals surface area contributed by atoms with Crippen molar-refractivity contribution < 1.29 is 14.3 Å². The zero-order chi connectivity index (χ0) is 13.9. The minimum atomic E-state index is -0.436. The van der Waals surface area contributed by atoms with Crippen LogP contribution in [-0.4, -0.2) is 17.1 Å². The predicted molar refractivity (Wildman–Crippen MR) is 78.1 cm³/mol. The molecule has 1 aromatic rings. The molecule has 0 saturated carbocycles. The van der Waals surface area contributed by atoms with Crippen molar-refractivity contribution in [2.24, 2.45) is 0 Å². The van der Waals surface area contributed by atoms with Gasteiger partial charge in [-0.05, 0) is 18.4 Å². The Morgan fingerprint density at radius 2 is 1.79 bits per heavy atom. The van der Waals surface area contributed by atoms with E-state index in [0.717, 1.165) is 30.2 Å². The molecule has 0 spiro atoms.